The molecule has 0 aromatic carbocycles. The summed E-state index contributed by atoms with van der Waals surface area (Å²) in [5.74, 6) is -0.199. The van der Waals surface area contributed by atoms with E-state index in [0.29, 0.717) is 6.61 Å². The van der Waals surface area contributed by atoms with E-state index in [1.165, 1.54) is 250 Å². The average Bonchev–Trinajstić information content (AvgIpc) is 3.14. The Bertz CT molecular complexity index is 694. The fourth-order valence-corrected chi connectivity index (χ4v) is 7.40. The third-order valence-corrected chi connectivity index (χ3v) is 10.9. The lowest BCUT2D eigenvalue weighted by Crippen LogP contribution is -2.02. The minimum Gasteiger partial charge on any atom is -0.463 e. The number of allylic oxidation sites excluding steroid dienone is 3. The van der Waals surface area contributed by atoms with Crippen molar-refractivity contribution in [2.24, 2.45) is 0 Å². The standard InChI is InChI=1S/C49H94O2/c1-3-5-7-9-11-13-15-17-19-21-22-23-24-25-26-27-28-29-30-32-34-36-38-40-42-44-46-48-51-49(50)47-45-43-41-39-37-35-33-31-20-18-16-14-12-10-8-6-4-2/h41,43,45,47H,3-40,42,44,46,48H2,1-2H3. The van der Waals surface area contributed by atoms with Crippen LogP contribution in [0.1, 0.15) is 277 Å². The molecule has 0 fully saturated rings. The third kappa shape index (κ3) is 46.9. The summed E-state index contributed by atoms with van der Waals surface area (Å²) in [5, 5.41) is 0. The van der Waals surface area contributed by atoms with E-state index in [9.17, 15) is 4.79 Å². The van der Waals surface area contributed by atoms with Crippen LogP contribution in [0.5, 0.6) is 0 Å². The van der Waals surface area contributed by atoms with Gasteiger partial charge in [0.25, 0.3) is 0 Å². The molecule has 0 aliphatic carbocycles. The largest absolute Gasteiger partial charge is 0.463 e. The van der Waals surface area contributed by atoms with Gasteiger partial charge in [-0.05, 0) is 19.3 Å². The van der Waals surface area contributed by atoms with E-state index in [0.717, 1.165) is 12.8 Å². The molecular weight excluding hydrogens is 621 g/mol. The normalized spacial score (nSPS) is 11.8. The number of carbonyl (C=O) groups excluding carboxylic acids is 1. The van der Waals surface area contributed by atoms with Crippen LogP contribution in [0.4, 0.5) is 0 Å². The molecule has 2 heteroatoms. The average molecular weight is 715 g/mol. The van der Waals surface area contributed by atoms with E-state index in [1.54, 1.807) is 6.08 Å². The Hall–Kier alpha value is -1.05. The van der Waals surface area contributed by atoms with Crippen LogP contribution in [-0.4, -0.2) is 12.6 Å². The van der Waals surface area contributed by atoms with E-state index in [4.69, 9.17) is 4.74 Å². The highest BCUT2D eigenvalue weighted by Gasteiger charge is 1.99. The Morgan fingerprint density at radius 3 is 0.882 bits per heavy atom. The molecule has 0 saturated heterocycles. The molecule has 0 aromatic rings. The van der Waals surface area contributed by atoms with Gasteiger partial charge in [-0.25, -0.2) is 4.79 Å². The lowest BCUT2D eigenvalue weighted by atomic mass is 10.0. The quantitative estimate of drug-likeness (QED) is 0.0272. The summed E-state index contributed by atoms with van der Waals surface area (Å²) >= 11 is 0. The Morgan fingerprint density at radius 1 is 0.333 bits per heavy atom. The second-order valence-electron chi connectivity index (χ2n) is 16.2. The first-order valence-corrected chi connectivity index (χ1v) is 23.8. The van der Waals surface area contributed by atoms with Crippen LogP contribution in [0, 0.1) is 0 Å². The van der Waals surface area contributed by atoms with Gasteiger partial charge in [-0.3, -0.25) is 0 Å². The smallest absolute Gasteiger partial charge is 0.330 e. The number of hydrogen-bond acceptors (Lipinski definition) is 2. The molecule has 0 unspecified atom stereocenters. The molecule has 0 aromatic heterocycles. The van der Waals surface area contributed by atoms with Gasteiger partial charge in [-0.1, -0.05) is 276 Å². The summed E-state index contributed by atoms with van der Waals surface area (Å²) < 4.78 is 5.37. The molecule has 0 heterocycles. The van der Waals surface area contributed by atoms with Crippen molar-refractivity contribution >= 4 is 5.97 Å². The molecule has 0 atom stereocenters. The van der Waals surface area contributed by atoms with Gasteiger partial charge >= 0.3 is 5.97 Å². The van der Waals surface area contributed by atoms with Crippen molar-refractivity contribution in [3.63, 3.8) is 0 Å². The number of ether oxygens (including phenoxy) is 1. The first kappa shape index (κ1) is 49.9. The van der Waals surface area contributed by atoms with E-state index in [2.05, 4.69) is 19.9 Å². The zero-order chi connectivity index (χ0) is 36.8. The summed E-state index contributed by atoms with van der Waals surface area (Å²) in [5.41, 5.74) is 0. The van der Waals surface area contributed by atoms with Crippen LogP contribution in [0.25, 0.3) is 0 Å². The number of rotatable bonds is 44. The number of hydrogen-bond donors (Lipinski definition) is 0. The fraction of sp³-hybridized carbons (Fsp3) is 0.898. The van der Waals surface area contributed by atoms with Crippen LogP contribution in [0.2, 0.25) is 0 Å². The molecule has 0 saturated carbocycles. The van der Waals surface area contributed by atoms with E-state index in [1.807, 2.05) is 12.2 Å². The van der Waals surface area contributed by atoms with Gasteiger partial charge in [0.1, 0.15) is 0 Å². The molecule has 0 bridgehead atoms. The molecule has 0 spiro atoms. The van der Waals surface area contributed by atoms with Crippen molar-refractivity contribution in [2.75, 3.05) is 6.61 Å². The van der Waals surface area contributed by atoms with Crippen molar-refractivity contribution < 1.29 is 9.53 Å². The predicted molar refractivity (Wildman–Crippen MR) is 230 cm³/mol. The summed E-state index contributed by atoms with van der Waals surface area (Å²) in [6, 6.07) is 0. The monoisotopic (exact) mass is 715 g/mol. The van der Waals surface area contributed by atoms with E-state index in [-0.39, 0.29) is 5.97 Å². The molecule has 0 amide bonds. The molecule has 51 heavy (non-hydrogen) atoms. The lowest BCUT2D eigenvalue weighted by Gasteiger charge is -2.05. The number of unbranched alkanes of at least 4 members (excludes halogenated alkanes) is 39. The second-order valence-corrected chi connectivity index (χ2v) is 16.2. The first-order chi connectivity index (χ1) is 25.3. The fourth-order valence-electron chi connectivity index (χ4n) is 7.40. The van der Waals surface area contributed by atoms with Gasteiger partial charge in [-0.2, -0.15) is 0 Å². The minimum absolute atomic E-state index is 0.199. The van der Waals surface area contributed by atoms with Crippen molar-refractivity contribution in [3.05, 3.63) is 24.3 Å². The highest BCUT2D eigenvalue weighted by Crippen LogP contribution is 2.17. The maximum atomic E-state index is 11.9. The maximum Gasteiger partial charge on any atom is 0.330 e. The summed E-state index contributed by atoms with van der Waals surface area (Å²) in [6.07, 6.45) is 64.9. The maximum absolute atomic E-state index is 11.9. The summed E-state index contributed by atoms with van der Waals surface area (Å²) in [7, 11) is 0. The number of esters is 1. The molecule has 0 N–H and O–H groups in total. The van der Waals surface area contributed by atoms with Crippen LogP contribution >= 0.6 is 0 Å². The van der Waals surface area contributed by atoms with Gasteiger partial charge in [0.2, 0.25) is 0 Å². The topological polar surface area (TPSA) is 26.3 Å². The molecule has 302 valence electrons. The Labute approximate surface area is 322 Å². The highest BCUT2D eigenvalue weighted by atomic mass is 16.5. The lowest BCUT2D eigenvalue weighted by molar-refractivity contribution is -0.137. The van der Waals surface area contributed by atoms with Crippen LogP contribution in [0.3, 0.4) is 0 Å². The van der Waals surface area contributed by atoms with E-state index < -0.39 is 0 Å². The predicted octanol–water partition coefficient (Wildman–Crippen LogP) is 17.7. The third-order valence-electron chi connectivity index (χ3n) is 10.9. The van der Waals surface area contributed by atoms with Gasteiger partial charge in [0.05, 0.1) is 6.61 Å². The van der Waals surface area contributed by atoms with Crippen LogP contribution < -0.4 is 0 Å². The van der Waals surface area contributed by atoms with Crippen molar-refractivity contribution in [3.8, 4) is 0 Å². The molecular formula is C49H94O2. The van der Waals surface area contributed by atoms with Gasteiger partial charge in [0, 0.05) is 6.08 Å². The van der Waals surface area contributed by atoms with Crippen molar-refractivity contribution in [1.29, 1.82) is 0 Å². The molecule has 0 aliphatic heterocycles. The van der Waals surface area contributed by atoms with Crippen LogP contribution in [-0.2, 0) is 9.53 Å². The Kier molecular flexibility index (Phi) is 46.0. The molecule has 2 nitrogen and oxygen atoms in total. The van der Waals surface area contributed by atoms with Crippen molar-refractivity contribution in [1.82, 2.24) is 0 Å². The Morgan fingerprint density at radius 2 is 0.588 bits per heavy atom. The highest BCUT2D eigenvalue weighted by molar-refractivity contribution is 5.82. The molecule has 0 rings (SSSR count). The van der Waals surface area contributed by atoms with Crippen molar-refractivity contribution in [2.45, 2.75) is 277 Å². The molecule has 0 aliphatic rings. The van der Waals surface area contributed by atoms with E-state index >= 15 is 0 Å². The minimum atomic E-state index is -0.199. The zero-order valence-corrected chi connectivity index (χ0v) is 35.3. The Balaban J connectivity index is 3.22. The van der Waals surface area contributed by atoms with Gasteiger partial charge in [0.15, 0.2) is 0 Å². The second kappa shape index (κ2) is 47.0. The number of carbonyl (C=O) groups is 1. The zero-order valence-electron chi connectivity index (χ0n) is 35.3. The van der Waals surface area contributed by atoms with Crippen LogP contribution in [0.15, 0.2) is 24.3 Å². The van der Waals surface area contributed by atoms with Gasteiger partial charge < -0.3 is 4.74 Å². The first-order valence-electron chi connectivity index (χ1n) is 23.8. The van der Waals surface area contributed by atoms with Gasteiger partial charge in [-0.15, -0.1) is 0 Å². The summed E-state index contributed by atoms with van der Waals surface area (Å²) in [6.45, 7) is 5.15. The molecule has 0 radical (unpaired) electrons. The SMILES string of the molecule is CCCCCCCCCCCCCCCC=CC=CC(=O)OCCCCCCCCCCCCCCCCCCCCCCCCCCCCC. The summed E-state index contributed by atoms with van der Waals surface area (Å²) in [4.78, 5) is 11.9.